The highest BCUT2D eigenvalue weighted by molar-refractivity contribution is 4.84. The molecule has 0 saturated carbocycles. The second-order valence-electron chi connectivity index (χ2n) is 3.57. The topological polar surface area (TPSA) is 12.5 Å². The zero-order valence-corrected chi connectivity index (χ0v) is 8.09. The fraction of sp³-hybridized carbons (Fsp3) is 0.818. The van der Waals surface area contributed by atoms with Gasteiger partial charge < -0.3 is 4.74 Å². The van der Waals surface area contributed by atoms with Gasteiger partial charge in [-0.1, -0.05) is 25.8 Å². The van der Waals surface area contributed by atoms with Gasteiger partial charge in [-0.3, -0.25) is 0 Å². The molecule has 0 aliphatic carbocycles. The number of unbranched alkanes of at least 4 members (excludes halogenated alkanes) is 2. The molecule has 70 valence electrons. The molecule has 0 aromatic rings. The van der Waals surface area contributed by atoms with E-state index in [1.807, 2.05) is 6.08 Å². The Labute approximate surface area is 75.8 Å². The van der Waals surface area contributed by atoms with Gasteiger partial charge >= 0.3 is 0 Å². The van der Waals surface area contributed by atoms with Crippen LogP contribution < -0.4 is 0 Å². The summed E-state index contributed by atoms with van der Waals surface area (Å²) in [6.45, 7) is 5.94. The molecule has 0 spiro atoms. The van der Waals surface area contributed by atoms with Crippen LogP contribution in [-0.2, 0) is 4.74 Å². The first-order valence-corrected chi connectivity index (χ1v) is 5.14. The van der Waals surface area contributed by atoms with Crippen LogP contribution in [0.5, 0.6) is 0 Å². The van der Waals surface area contributed by atoms with Crippen LogP contribution >= 0.6 is 0 Å². The molecule has 1 rings (SSSR count). The van der Waals surface area contributed by atoms with Crippen LogP contribution in [0.15, 0.2) is 12.7 Å². The molecular formula is C11H20O. The van der Waals surface area contributed by atoms with Gasteiger partial charge in [0.05, 0.1) is 12.2 Å². The van der Waals surface area contributed by atoms with E-state index in [0.717, 1.165) is 6.42 Å². The molecule has 0 radical (unpaired) electrons. The highest BCUT2D eigenvalue weighted by atomic mass is 16.6. The molecule has 1 aliphatic rings. The number of rotatable bonds is 7. The minimum atomic E-state index is 0.594. The smallest absolute Gasteiger partial charge is 0.0842 e. The molecule has 0 N–H and O–H groups in total. The Kier molecular flexibility index (Phi) is 4.37. The van der Waals surface area contributed by atoms with Crippen molar-refractivity contribution in [3.05, 3.63) is 12.7 Å². The average Bonchev–Trinajstić information content (AvgIpc) is 2.81. The minimum absolute atomic E-state index is 0.594. The van der Waals surface area contributed by atoms with Crippen molar-refractivity contribution in [3.8, 4) is 0 Å². The standard InChI is InChI=1S/C11H20O/c1-3-5-7-9-11-10(12-11)8-6-4-2/h3,10-11H,1,4-9H2,2H3. The fourth-order valence-electron chi connectivity index (χ4n) is 1.56. The third kappa shape index (κ3) is 3.40. The van der Waals surface area contributed by atoms with E-state index in [0.29, 0.717) is 12.2 Å². The van der Waals surface area contributed by atoms with Crippen LogP contribution in [-0.4, -0.2) is 12.2 Å². The molecule has 1 saturated heterocycles. The zero-order valence-electron chi connectivity index (χ0n) is 8.09. The summed E-state index contributed by atoms with van der Waals surface area (Å²) in [6, 6.07) is 0. The molecule has 2 unspecified atom stereocenters. The highest BCUT2D eigenvalue weighted by Gasteiger charge is 2.36. The second-order valence-corrected chi connectivity index (χ2v) is 3.57. The van der Waals surface area contributed by atoms with Gasteiger partial charge in [0.15, 0.2) is 0 Å². The number of hydrogen-bond donors (Lipinski definition) is 0. The number of hydrogen-bond acceptors (Lipinski definition) is 1. The Hall–Kier alpha value is -0.300. The third-order valence-corrected chi connectivity index (χ3v) is 2.43. The zero-order chi connectivity index (χ0) is 8.81. The largest absolute Gasteiger partial charge is 0.370 e. The second kappa shape index (κ2) is 5.36. The molecular weight excluding hydrogens is 148 g/mol. The lowest BCUT2D eigenvalue weighted by Gasteiger charge is -1.92. The SMILES string of the molecule is C=CCCCC1OC1CCCC. The van der Waals surface area contributed by atoms with Crippen LogP contribution in [0, 0.1) is 0 Å². The molecule has 0 aromatic carbocycles. The molecule has 1 nitrogen and oxygen atoms in total. The summed E-state index contributed by atoms with van der Waals surface area (Å²) in [5.41, 5.74) is 0. The van der Waals surface area contributed by atoms with Gasteiger partial charge in [-0.05, 0) is 25.7 Å². The van der Waals surface area contributed by atoms with Crippen LogP contribution in [0.3, 0.4) is 0 Å². The Morgan fingerprint density at radius 1 is 1.25 bits per heavy atom. The first-order valence-electron chi connectivity index (χ1n) is 5.14. The quantitative estimate of drug-likeness (QED) is 0.323. The van der Waals surface area contributed by atoms with Crippen LogP contribution in [0.1, 0.15) is 45.4 Å². The first kappa shape index (κ1) is 9.79. The molecule has 2 atom stereocenters. The van der Waals surface area contributed by atoms with Crippen molar-refractivity contribution in [2.45, 2.75) is 57.7 Å². The summed E-state index contributed by atoms with van der Waals surface area (Å²) < 4.78 is 5.53. The molecule has 1 heteroatoms. The van der Waals surface area contributed by atoms with Crippen molar-refractivity contribution in [3.63, 3.8) is 0 Å². The molecule has 1 heterocycles. The minimum Gasteiger partial charge on any atom is -0.370 e. The Morgan fingerprint density at radius 3 is 2.50 bits per heavy atom. The Morgan fingerprint density at radius 2 is 1.92 bits per heavy atom. The summed E-state index contributed by atoms with van der Waals surface area (Å²) in [4.78, 5) is 0. The molecule has 0 aromatic heterocycles. The van der Waals surface area contributed by atoms with E-state index in [1.54, 1.807) is 0 Å². The van der Waals surface area contributed by atoms with E-state index in [2.05, 4.69) is 13.5 Å². The molecule has 0 amide bonds. The maximum atomic E-state index is 5.53. The van der Waals surface area contributed by atoms with Crippen molar-refractivity contribution >= 4 is 0 Å². The summed E-state index contributed by atoms with van der Waals surface area (Å²) in [7, 11) is 0. The van der Waals surface area contributed by atoms with Gasteiger partial charge in [0.25, 0.3) is 0 Å². The van der Waals surface area contributed by atoms with Gasteiger partial charge in [0.1, 0.15) is 0 Å². The predicted molar refractivity (Wildman–Crippen MR) is 52.2 cm³/mol. The van der Waals surface area contributed by atoms with E-state index >= 15 is 0 Å². The number of epoxide rings is 1. The van der Waals surface area contributed by atoms with Gasteiger partial charge in [0.2, 0.25) is 0 Å². The average molecular weight is 168 g/mol. The maximum Gasteiger partial charge on any atom is 0.0842 e. The maximum absolute atomic E-state index is 5.53. The lowest BCUT2D eigenvalue weighted by molar-refractivity contribution is 0.351. The Bertz CT molecular complexity index is 131. The van der Waals surface area contributed by atoms with Crippen LogP contribution in [0.25, 0.3) is 0 Å². The monoisotopic (exact) mass is 168 g/mol. The molecule has 1 fully saturated rings. The van der Waals surface area contributed by atoms with Gasteiger partial charge in [-0.15, -0.1) is 6.58 Å². The highest BCUT2D eigenvalue weighted by Crippen LogP contribution is 2.31. The van der Waals surface area contributed by atoms with E-state index in [4.69, 9.17) is 4.74 Å². The van der Waals surface area contributed by atoms with E-state index in [9.17, 15) is 0 Å². The Balaban J connectivity index is 1.89. The van der Waals surface area contributed by atoms with Crippen molar-refractivity contribution < 1.29 is 4.74 Å². The number of ether oxygens (including phenoxy) is 1. The summed E-state index contributed by atoms with van der Waals surface area (Å²) in [6.07, 6.45) is 10.7. The summed E-state index contributed by atoms with van der Waals surface area (Å²) >= 11 is 0. The first-order chi connectivity index (χ1) is 5.88. The molecule has 0 bridgehead atoms. The molecule has 12 heavy (non-hydrogen) atoms. The normalized spacial score (nSPS) is 27.1. The van der Waals surface area contributed by atoms with Crippen molar-refractivity contribution in [1.29, 1.82) is 0 Å². The lowest BCUT2D eigenvalue weighted by Crippen LogP contribution is -1.93. The lowest BCUT2D eigenvalue weighted by atomic mass is 10.1. The van der Waals surface area contributed by atoms with Gasteiger partial charge in [-0.2, -0.15) is 0 Å². The van der Waals surface area contributed by atoms with Gasteiger partial charge in [0, 0.05) is 0 Å². The van der Waals surface area contributed by atoms with E-state index in [1.165, 1.54) is 32.1 Å². The van der Waals surface area contributed by atoms with E-state index < -0.39 is 0 Å². The van der Waals surface area contributed by atoms with E-state index in [-0.39, 0.29) is 0 Å². The molecule has 1 aliphatic heterocycles. The predicted octanol–water partition coefficient (Wildman–Crippen LogP) is 3.30. The van der Waals surface area contributed by atoms with Crippen LogP contribution in [0.4, 0.5) is 0 Å². The summed E-state index contributed by atoms with van der Waals surface area (Å²) in [5.74, 6) is 0. The van der Waals surface area contributed by atoms with Gasteiger partial charge in [-0.25, -0.2) is 0 Å². The third-order valence-electron chi connectivity index (χ3n) is 2.43. The number of allylic oxidation sites excluding steroid dienone is 1. The van der Waals surface area contributed by atoms with Crippen molar-refractivity contribution in [1.82, 2.24) is 0 Å². The summed E-state index contributed by atoms with van der Waals surface area (Å²) in [5, 5.41) is 0. The van der Waals surface area contributed by atoms with Crippen molar-refractivity contribution in [2.75, 3.05) is 0 Å². The fourth-order valence-corrected chi connectivity index (χ4v) is 1.56. The van der Waals surface area contributed by atoms with Crippen LogP contribution in [0.2, 0.25) is 0 Å². The van der Waals surface area contributed by atoms with Crippen molar-refractivity contribution in [2.24, 2.45) is 0 Å².